The molecule has 0 aliphatic rings. The van der Waals surface area contributed by atoms with Gasteiger partial charge in [0.15, 0.2) is 0 Å². The molecule has 0 spiro atoms. The lowest BCUT2D eigenvalue weighted by Gasteiger charge is -2.25. The Bertz CT molecular complexity index is 917. The van der Waals surface area contributed by atoms with Crippen molar-refractivity contribution in [3.05, 3.63) is 78.0 Å². The predicted octanol–water partition coefficient (Wildman–Crippen LogP) is 4.01. The highest BCUT2D eigenvalue weighted by molar-refractivity contribution is 5.85. The van der Waals surface area contributed by atoms with Crippen LogP contribution in [0.2, 0.25) is 0 Å². The average Bonchev–Trinajstić information content (AvgIpc) is 3.09. The molecule has 3 aromatic rings. The number of hydrogen-bond acceptors (Lipinski definition) is 3. The molecule has 0 saturated heterocycles. The third-order valence-corrected chi connectivity index (χ3v) is 4.74. The van der Waals surface area contributed by atoms with Gasteiger partial charge in [-0.05, 0) is 11.0 Å². The van der Waals surface area contributed by atoms with E-state index in [0.29, 0.717) is 13.1 Å². The lowest BCUT2D eigenvalue weighted by molar-refractivity contribution is -0.124. The third-order valence-electron chi connectivity index (χ3n) is 4.74. The summed E-state index contributed by atoms with van der Waals surface area (Å²) in [7, 11) is 0. The molecule has 1 aromatic heterocycles. The molecule has 0 unspecified atom stereocenters. The number of nitrogens with one attached hydrogen (secondary N) is 1. The first kappa shape index (κ1) is 22.7. The van der Waals surface area contributed by atoms with Crippen molar-refractivity contribution in [2.45, 2.75) is 39.9 Å². The highest BCUT2D eigenvalue weighted by atomic mass is 35.5. The maximum absolute atomic E-state index is 12.4. The van der Waals surface area contributed by atoms with Gasteiger partial charge >= 0.3 is 0 Å². The van der Waals surface area contributed by atoms with E-state index in [-0.39, 0.29) is 23.7 Å². The van der Waals surface area contributed by atoms with E-state index >= 15 is 0 Å². The molecule has 0 fully saturated rings. The summed E-state index contributed by atoms with van der Waals surface area (Å²) in [4.78, 5) is 12.4. The molecule has 6 heteroatoms. The van der Waals surface area contributed by atoms with Gasteiger partial charge in [-0.1, -0.05) is 81.4 Å². The van der Waals surface area contributed by atoms with E-state index in [1.807, 2.05) is 80.2 Å². The van der Waals surface area contributed by atoms with E-state index < -0.39 is 6.04 Å². The van der Waals surface area contributed by atoms with Crippen molar-refractivity contribution < 1.29 is 4.79 Å². The van der Waals surface area contributed by atoms with Crippen molar-refractivity contribution in [3.8, 4) is 11.3 Å². The van der Waals surface area contributed by atoms with E-state index in [1.165, 1.54) is 5.56 Å². The van der Waals surface area contributed by atoms with E-state index in [2.05, 4.69) is 17.4 Å². The number of rotatable bonds is 6. The number of aromatic nitrogens is 2. The standard InChI is InChI=1S/C23H28N4O.ClH/c1-23(2,3)21(24)22(28)25-14-19-16-27(15-17-10-6-4-7-11-17)26-20(19)18-12-8-5-9-13-18;/h4-13,16,21H,14-15,24H2,1-3H3,(H,25,28);1H/t21-;/m1./s1. The van der Waals surface area contributed by atoms with Gasteiger partial charge in [0.05, 0.1) is 18.3 Å². The number of amides is 1. The summed E-state index contributed by atoms with van der Waals surface area (Å²) >= 11 is 0. The van der Waals surface area contributed by atoms with Crippen LogP contribution in [0.5, 0.6) is 0 Å². The fourth-order valence-electron chi connectivity index (χ4n) is 2.97. The van der Waals surface area contributed by atoms with Crippen LogP contribution in [0.25, 0.3) is 11.3 Å². The Morgan fingerprint density at radius 2 is 1.66 bits per heavy atom. The summed E-state index contributed by atoms with van der Waals surface area (Å²) in [6.07, 6.45) is 2.00. The number of halogens is 1. The number of hydrogen-bond donors (Lipinski definition) is 2. The van der Waals surface area contributed by atoms with Gasteiger partial charge in [0.25, 0.3) is 0 Å². The van der Waals surface area contributed by atoms with Gasteiger partial charge in [-0.2, -0.15) is 5.10 Å². The number of benzene rings is 2. The first-order valence-electron chi connectivity index (χ1n) is 9.53. The maximum Gasteiger partial charge on any atom is 0.237 e. The monoisotopic (exact) mass is 412 g/mol. The Hall–Kier alpha value is -2.63. The van der Waals surface area contributed by atoms with Crippen LogP contribution in [0.1, 0.15) is 31.9 Å². The molecule has 1 heterocycles. The Morgan fingerprint density at radius 3 is 2.24 bits per heavy atom. The predicted molar refractivity (Wildman–Crippen MR) is 120 cm³/mol. The molecule has 154 valence electrons. The first-order valence-corrected chi connectivity index (χ1v) is 9.53. The zero-order valence-electron chi connectivity index (χ0n) is 17.1. The lowest BCUT2D eigenvalue weighted by Crippen LogP contribution is -2.48. The van der Waals surface area contributed by atoms with Gasteiger partial charge in [0, 0.05) is 23.9 Å². The molecule has 0 aliphatic heterocycles. The minimum Gasteiger partial charge on any atom is -0.351 e. The van der Waals surface area contributed by atoms with Crippen molar-refractivity contribution in [1.29, 1.82) is 0 Å². The average molecular weight is 413 g/mol. The highest BCUT2D eigenvalue weighted by Gasteiger charge is 2.27. The van der Waals surface area contributed by atoms with Crippen molar-refractivity contribution in [3.63, 3.8) is 0 Å². The van der Waals surface area contributed by atoms with Crippen LogP contribution in [0.15, 0.2) is 66.9 Å². The fraction of sp³-hybridized carbons (Fsp3) is 0.304. The number of carbonyl (C=O) groups is 1. The summed E-state index contributed by atoms with van der Waals surface area (Å²) in [6, 6.07) is 19.6. The van der Waals surface area contributed by atoms with Crippen LogP contribution in [0, 0.1) is 5.41 Å². The van der Waals surface area contributed by atoms with Crippen LogP contribution >= 0.6 is 12.4 Å². The topological polar surface area (TPSA) is 72.9 Å². The van der Waals surface area contributed by atoms with Crippen LogP contribution < -0.4 is 11.1 Å². The van der Waals surface area contributed by atoms with Crippen molar-refractivity contribution in [2.75, 3.05) is 0 Å². The van der Waals surface area contributed by atoms with Gasteiger partial charge in [0.2, 0.25) is 5.91 Å². The Labute approximate surface area is 178 Å². The normalized spacial score (nSPS) is 12.1. The van der Waals surface area contributed by atoms with E-state index in [4.69, 9.17) is 10.8 Å². The zero-order chi connectivity index (χ0) is 20.1. The van der Waals surface area contributed by atoms with E-state index in [9.17, 15) is 4.79 Å². The first-order chi connectivity index (χ1) is 13.3. The Morgan fingerprint density at radius 1 is 1.07 bits per heavy atom. The van der Waals surface area contributed by atoms with Gasteiger partial charge in [-0.25, -0.2) is 0 Å². The maximum atomic E-state index is 12.4. The van der Waals surface area contributed by atoms with Crippen LogP contribution in [-0.4, -0.2) is 21.7 Å². The summed E-state index contributed by atoms with van der Waals surface area (Å²) < 4.78 is 1.92. The zero-order valence-corrected chi connectivity index (χ0v) is 17.9. The molecular weight excluding hydrogens is 384 g/mol. The molecular formula is C23H29ClN4O. The molecule has 29 heavy (non-hydrogen) atoms. The van der Waals surface area contributed by atoms with Gasteiger partial charge in [0.1, 0.15) is 0 Å². The second-order valence-corrected chi connectivity index (χ2v) is 8.11. The Balaban J connectivity index is 0.00000300. The smallest absolute Gasteiger partial charge is 0.237 e. The van der Waals surface area contributed by atoms with Gasteiger partial charge < -0.3 is 11.1 Å². The van der Waals surface area contributed by atoms with Gasteiger partial charge in [-0.15, -0.1) is 12.4 Å². The SMILES string of the molecule is CC(C)(C)[C@H](N)C(=O)NCc1cn(Cc2ccccc2)nc1-c1ccccc1.Cl. The summed E-state index contributed by atoms with van der Waals surface area (Å²) in [5.74, 6) is -0.151. The summed E-state index contributed by atoms with van der Waals surface area (Å²) in [6.45, 7) is 6.96. The quantitative estimate of drug-likeness (QED) is 0.642. The second-order valence-electron chi connectivity index (χ2n) is 8.11. The molecule has 1 amide bonds. The van der Waals surface area contributed by atoms with Crippen LogP contribution in [-0.2, 0) is 17.9 Å². The minimum atomic E-state index is -0.563. The fourth-order valence-corrected chi connectivity index (χ4v) is 2.97. The molecule has 3 N–H and O–H groups in total. The number of nitrogens with zero attached hydrogens (tertiary/aromatic N) is 2. The molecule has 1 atom stereocenters. The highest BCUT2D eigenvalue weighted by Crippen LogP contribution is 2.23. The summed E-state index contributed by atoms with van der Waals surface area (Å²) in [5, 5.41) is 7.76. The van der Waals surface area contributed by atoms with Crippen LogP contribution in [0.4, 0.5) is 0 Å². The molecule has 2 aromatic carbocycles. The molecule has 0 bridgehead atoms. The van der Waals surface area contributed by atoms with Crippen molar-refractivity contribution in [1.82, 2.24) is 15.1 Å². The largest absolute Gasteiger partial charge is 0.351 e. The van der Waals surface area contributed by atoms with E-state index in [1.54, 1.807) is 0 Å². The van der Waals surface area contributed by atoms with Crippen molar-refractivity contribution in [2.24, 2.45) is 11.1 Å². The Kier molecular flexibility index (Phi) is 7.59. The lowest BCUT2D eigenvalue weighted by atomic mass is 9.87. The molecule has 0 aliphatic carbocycles. The molecule has 3 rings (SSSR count). The van der Waals surface area contributed by atoms with Crippen LogP contribution in [0.3, 0.4) is 0 Å². The molecule has 0 saturated carbocycles. The number of nitrogens with two attached hydrogens (primary N) is 1. The second kappa shape index (κ2) is 9.72. The van der Waals surface area contributed by atoms with Crippen molar-refractivity contribution >= 4 is 18.3 Å². The van der Waals surface area contributed by atoms with E-state index in [0.717, 1.165) is 16.8 Å². The molecule has 0 radical (unpaired) electrons. The van der Waals surface area contributed by atoms with Gasteiger partial charge in [-0.3, -0.25) is 9.48 Å². The summed E-state index contributed by atoms with van der Waals surface area (Å²) in [5.41, 5.74) is 9.84. The third kappa shape index (κ3) is 5.92. The minimum absolute atomic E-state index is 0. The number of carbonyl (C=O) groups excluding carboxylic acids is 1. The molecule has 5 nitrogen and oxygen atoms in total.